The van der Waals surface area contributed by atoms with Crippen LogP contribution < -0.4 is 10.6 Å². The van der Waals surface area contributed by atoms with Crippen molar-refractivity contribution < 1.29 is 14.3 Å². The molecule has 0 unspecified atom stereocenters. The predicted molar refractivity (Wildman–Crippen MR) is 112 cm³/mol. The lowest BCUT2D eigenvalue weighted by Gasteiger charge is -2.29. The van der Waals surface area contributed by atoms with E-state index < -0.39 is 0 Å². The van der Waals surface area contributed by atoms with Gasteiger partial charge in [0.05, 0.1) is 31.8 Å². The quantitative estimate of drug-likeness (QED) is 0.219. The van der Waals surface area contributed by atoms with Gasteiger partial charge in [0.1, 0.15) is 0 Å². The van der Waals surface area contributed by atoms with Crippen molar-refractivity contribution in [3.63, 3.8) is 0 Å². The number of rotatable bonds is 10. The lowest BCUT2D eigenvalue weighted by molar-refractivity contribution is -0.138. The fourth-order valence-corrected chi connectivity index (χ4v) is 3.02. The number of guanidine groups is 1. The van der Waals surface area contributed by atoms with E-state index in [1.54, 1.807) is 12.0 Å². The minimum atomic E-state index is -0.333. The van der Waals surface area contributed by atoms with Crippen LogP contribution in [0.25, 0.3) is 0 Å². The zero-order valence-electron chi connectivity index (χ0n) is 16.1. The van der Waals surface area contributed by atoms with E-state index in [1.165, 1.54) is 0 Å². The molecular formula is C17H35IN4O3. The molecule has 0 spiro atoms. The Morgan fingerprint density at radius 3 is 2.40 bits per heavy atom. The van der Waals surface area contributed by atoms with Gasteiger partial charge < -0.3 is 25.0 Å². The second kappa shape index (κ2) is 13.6. The average molecular weight is 470 g/mol. The van der Waals surface area contributed by atoms with E-state index in [0.717, 1.165) is 38.2 Å². The molecule has 1 amide bonds. The molecule has 2 N–H and O–H groups in total. The number of hydrogen-bond donors (Lipinski definition) is 2. The van der Waals surface area contributed by atoms with Crippen molar-refractivity contribution in [1.82, 2.24) is 15.5 Å². The van der Waals surface area contributed by atoms with E-state index in [0.29, 0.717) is 32.9 Å². The van der Waals surface area contributed by atoms with Crippen LogP contribution in [0, 0.1) is 5.41 Å². The van der Waals surface area contributed by atoms with Gasteiger partial charge >= 0.3 is 0 Å². The molecule has 7 nitrogen and oxygen atoms in total. The molecule has 1 saturated carbocycles. The highest BCUT2D eigenvalue weighted by Crippen LogP contribution is 2.39. The Labute approximate surface area is 169 Å². The fourth-order valence-electron chi connectivity index (χ4n) is 3.02. The van der Waals surface area contributed by atoms with E-state index in [9.17, 15) is 4.79 Å². The van der Waals surface area contributed by atoms with E-state index in [2.05, 4.69) is 15.6 Å². The Balaban J connectivity index is 0.00000576. The summed E-state index contributed by atoms with van der Waals surface area (Å²) in [4.78, 5) is 19.0. The number of nitrogens with one attached hydrogen (secondary N) is 2. The van der Waals surface area contributed by atoms with Crippen molar-refractivity contribution in [2.45, 2.75) is 32.6 Å². The first-order valence-corrected chi connectivity index (χ1v) is 8.86. The van der Waals surface area contributed by atoms with Crippen molar-refractivity contribution >= 4 is 35.8 Å². The van der Waals surface area contributed by atoms with Gasteiger partial charge in [-0.3, -0.25) is 9.79 Å². The molecule has 0 saturated heterocycles. The van der Waals surface area contributed by atoms with Gasteiger partial charge in [0.2, 0.25) is 5.91 Å². The third kappa shape index (κ3) is 8.54. The molecule has 1 fully saturated rings. The molecule has 1 aliphatic carbocycles. The second-order valence-electron chi connectivity index (χ2n) is 6.41. The van der Waals surface area contributed by atoms with Crippen LogP contribution in [0.1, 0.15) is 32.6 Å². The van der Waals surface area contributed by atoms with Crippen LogP contribution in [-0.4, -0.2) is 77.4 Å². The number of nitrogens with zero attached hydrogens (tertiary/aromatic N) is 2. The highest BCUT2D eigenvalue weighted by molar-refractivity contribution is 14.0. The largest absolute Gasteiger partial charge is 0.382 e. The molecule has 8 heteroatoms. The van der Waals surface area contributed by atoms with Gasteiger partial charge in [-0.2, -0.15) is 0 Å². The molecule has 0 aromatic heterocycles. The summed E-state index contributed by atoms with van der Waals surface area (Å²) in [5.41, 5.74) is -0.333. The van der Waals surface area contributed by atoms with Crippen LogP contribution >= 0.6 is 24.0 Å². The van der Waals surface area contributed by atoms with Crippen molar-refractivity contribution in [3.05, 3.63) is 0 Å². The normalized spacial score (nSPS) is 16.2. The Morgan fingerprint density at radius 2 is 1.84 bits per heavy atom. The minimum Gasteiger partial charge on any atom is -0.382 e. The SMILES string of the molecule is CCNC(=NCC1(C(=O)N(C)C)CCCC1)NCCOCCOC.I. The average Bonchev–Trinajstić information content (AvgIpc) is 3.05. The van der Waals surface area contributed by atoms with Crippen LogP contribution in [0.2, 0.25) is 0 Å². The number of ether oxygens (including phenoxy) is 2. The van der Waals surface area contributed by atoms with Gasteiger partial charge in [-0.15, -0.1) is 24.0 Å². The maximum atomic E-state index is 12.6. The molecule has 148 valence electrons. The van der Waals surface area contributed by atoms with Crippen molar-refractivity contribution in [2.24, 2.45) is 10.4 Å². The molecule has 0 heterocycles. The lowest BCUT2D eigenvalue weighted by Crippen LogP contribution is -2.43. The molecule has 0 radical (unpaired) electrons. The summed E-state index contributed by atoms with van der Waals surface area (Å²) >= 11 is 0. The lowest BCUT2D eigenvalue weighted by atomic mass is 9.85. The molecular weight excluding hydrogens is 435 g/mol. The van der Waals surface area contributed by atoms with Gasteiger partial charge in [-0.25, -0.2) is 0 Å². The van der Waals surface area contributed by atoms with E-state index in [-0.39, 0.29) is 35.3 Å². The summed E-state index contributed by atoms with van der Waals surface area (Å²) in [7, 11) is 5.31. The molecule has 0 aromatic rings. The van der Waals surface area contributed by atoms with Crippen molar-refractivity contribution in [1.29, 1.82) is 0 Å². The monoisotopic (exact) mass is 470 g/mol. The van der Waals surface area contributed by atoms with E-state index in [1.807, 2.05) is 21.0 Å². The first-order chi connectivity index (χ1) is 11.6. The van der Waals surface area contributed by atoms with Gasteiger partial charge in [-0.1, -0.05) is 12.8 Å². The number of hydrogen-bond acceptors (Lipinski definition) is 4. The number of methoxy groups -OCH3 is 1. The van der Waals surface area contributed by atoms with Gasteiger partial charge in [0, 0.05) is 34.3 Å². The Kier molecular flexibility index (Phi) is 13.2. The summed E-state index contributed by atoms with van der Waals surface area (Å²) in [6.07, 6.45) is 4.05. The van der Waals surface area contributed by atoms with E-state index in [4.69, 9.17) is 9.47 Å². The molecule has 0 atom stereocenters. The molecule has 1 rings (SSSR count). The number of amides is 1. The van der Waals surface area contributed by atoms with Crippen LogP contribution in [0.4, 0.5) is 0 Å². The summed E-state index contributed by atoms with van der Waals surface area (Å²) in [6.45, 7) is 5.80. The van der Waals surface area contributed by atoms with Gasteiger partial charge in [0.25, 0.3) is 0 Å². The maximum Gasteiger partial charge on any atom is 0.230 e. The smallest absolute Gasteiger partial charge is 0.230 e. The molecule has 0 aliphatic heterocycles. The number of carbonyl (C=O) groups excluding carboxylic acids is 1. The second-order valence-corrected chi connectivity index (χ2v) is 6.41. The number of carbonyl (C=O) groups is 1. The van der Waals surface area contributed by atoms with Crippen LogP contribution in [0.3, 0.4) is 0 Å². The van der Waals surface area contributed by atoms with Crippen LogP contribution in [0.5, 0.6) is 0 Å². The first-order valence-electron chi connectivity index (χ1n) is 8.86. The van der Waals surface area contributed by atoms with Crippen molar-refractivity contribution in [3.8, 4) is 0 Å². The Hall–Kier alpha value is -0.610. The fraction of sp³-hybridized carbons (Fsp3) is 0.882. The topological polar surface area (TPSA) is 75.2 Å². The standard InChI is InChI=1S/C17H34N4O3.HI/c1-5-18-16(19-10-11-24-13-12-23-4)20-14-17(8-6-7-9-17)15(22)21(2)3;/h5-14H2,1-4H3,(H2,18,19,20);1H. The van der Waals surface area contributed by atoms with Crippen LogP contribution in [0.15, 0.2) is 4.99 Å². The summed E-state index contributed by atoms with van der Waals surface area (Å²) in [5.74, 6) is 0.938. The number of aliphatic imine (C=N–C) groups is 1. The zero-order chi connectivity index (χ0) is 17.8. The van der Waals surface area contributed by atoms with Gasteiger partial charge in [0.15, 0.2) is 5.96 Å². The predicted octanol–water partition coefficient (Wildman–Crippen LogP) is 1.47. The molecule has 0 bridgehead atoms. The summed E-state index contributed by atoms with van der Waals surface area (Å²) < 4.78 is 10.4. The third-order valence-electron chi connectivity index (χ3n) is 4.28. The number of halogens is 1. The van der Waals surface area contributed by atoms with E-state index >= 15 is 0 Å². The highest BCUT2D eigenvalue weighted by Gasteiger charge is 2.41. The molecule has 1 aliphatic rings. The highest BCUT2D eigenvalue weighted by atomic mass is 127. The molecule has 25 heavy (non-hydrogen) atoms. The zero-order valence-corrected chi connectivity index (χ0v) is 18.4. The Bertz CT molecular complexity index is 399. The maximum absolute atomic E-state index is 12.6. The van der Waals surface area contributed by atoms with Crippen molar-refractivity contribution in [2.75, 3.05) is 60.7 Å². The van der Waals surface area contributed by atoms with Crippen LogP contribution in [-0.2, 0) is 14.3 Å². The summed E-state index contributed by atoms with van der Waals surface area (Å²) in [5, 5.41) is 6.48. The minimum absolute atomic E-state index is 0. The summed E-state index contributed by atoms with van der Waals surface area (Å²) in [6, 6.07) is 0. The third-order valence-corrected chi connectivity index (χ3v) is 4.28. The molecule has 0 aromatic carbocycles. The van der Waals surface area contributed by atoms with Gasteiger partial charge in [-0.05, 0) is 19.8 Å². The first kappa shape index (κ1) is 24.4. The Morgan fingerprint density at radius 1 is 1.16 bits per heavy atom.